The molecule has 0 unspecified atom stereocenters. The largest absolute Gasteiger partial charge is 0.411 e. The number of hydrogen-bond donors (Lipinski definition) is 1. The molecule has 9 heteroatoms. The summed E-state index contributed by atoms with van der Waals surface area (Å²) >= 11 is 1.44. The minimum atomic E-state index is -4.37. The van der Waals surface area contributed by atoms with Crippen LogP contribution >= 0.6 is 11.3 Å². The molecule has 2 aromatic heterocycles. The molecule has 0 aliphatic heterocycles. The molecule has 21 heavy (non-hydrogen) atoms. The molecule has 1 N–H and O–H groups in total. The summed E-state index contributed by atoms with van der Waals surface area (Å²) in [5.41, 5.74) is 0.0641. The predicted molar refractivity (Wildman–Crippen MR) is 69.0 cm³/mol. The standard InChI is InChI=1S/C12H11F3N2O3S/c13-12(14,15)7-19-4-3-16-11(18)8-6-9(20-17-8)10-2-1-5-21-10/h1-2,5-6H,3-4,7H2,(H,16,18). The zero-order valence-corrected chi connectivity index (χ0v) is 11.5. The summed E-state index contributed by atoms with van der Waals surface area (Å²) < 4.78 is 44.8. The first kappa shape index (κ1) is 15.5. The van der Waals surface area contributed by atoms with Gasteiger partial charge < -0.3 is 14.6 Å². The highest BCUT2D eigenvalue weighted by Crippen LogP contribution is 2.24. The van der Waals surface area contributed by atoms with Crippen molar-refractivity contribution in [2.75, 3.05) is 19.8 Å². The van der Waals surface area contributed by atoms with E-state index in [0.29, 0.717) is 5.76 Å². The average Bonchev–Trinajstić information content (AvgIpc) is 3.07. The Morgan fingerprint density at radius 3 is 2.95 bits per heavy atom. The minimum absolute atomic E-state index is 0.0455. The Morgan fingerprint density at radius 1 is 1.48 bits per heavy atom. The SMILES string of the molecule is O=C(NCCOCC(F)(F)F)c1cc(-c2cccs2)on1. The number of halogens is 3. The van der Waals surface area contributed by atoms with Crippen LogP contribution in [0.2, 0.25) is 0 Å². The highest BCUT2D eigenvalue weighted by atomic mass is 32.1. The number of alkyl halides is 3. The van der Waals surface area contributed by atoms with Crippen LogP contribution in [0.25, 0.3) is 10.6 Å². The Labute approximate surface area is 121 Å². The van der Waals surface area contributed by atoms with Gasteiger partial charge in [0.15, 0.2) is 11.5 Å². The summed E-state index contributed by atoms with van der Waals surface area (Å²) in [7, 11) is 0. The van der Waals surface area contributed by atoms with Crippen LogP contribution in [0.4, 0.5) is 13.2 Å². The van der Waals surface area contributed by atoms with Crippen LogP contribution in [0.15, 0.2) is 28.1 Å². The Kier molecular flexibility index (Phi) is 4.97. The summed E-state index contributed by atoms with van der Waals surface area (Å²) in [6.45, 7) is -1.62. The summed E-state index contributed by atoms with van der Waals surface area (Å²) in [6.07, 6.45) is -4.37. The molecule has 0 fully saturated rings. The number of nitrogens with one attached hydrogen (secondary N) is 1. The monoisotopic (exact) mass is 320 g/mol. The molecule has 0 saturated heterocycles. The van der Waals surface area contributed by atoms with Gasteiger partial charge in [-0.05, 0) is 11.4 Å². The normalized spacial score (nSPS) is 11.6. The number of ether oxygens (including phenoxy) is 1. The highest BCUT2D eigenvalue weighted by Gasteiger charge is 2.27. The molecular weight excluding hydrogens is 309 g/mol. The average molecular weight is 320 g/mol. The Balaban J connectivity index is 1.76. The third-order valence-electron chi connectivity index (χ3n) is 2.30. The summed E-state index contributed by atoms with van der Waals surface area (Å²) in [6, 6.07) is 5.12. The van der Waals surface area contributed by atoms with Crippen LogP contribution in [0, 0.1) is 0 Å². The van der Waals surface area contributed by atoms with Crippen molar-refractivity contribution in [2.45, 2.75) is 6.18 Å². The van der Waals surface area contributed by atoms with Crippen LogP contribution in [0.5, 0.6) is 0 Å². The summed E-state index contributed by atoms with van der Waals surface area (Å²) in [4.78, 5) is 12.5. The number of thiophene rings is 1. The molecule has 0 aromatic carbocycles. The quantitative estimate of drug-likeness (QED) is 0.831. The van der Waals surface area contributed by atoms with Gasteiger partial charge in [-0.2, -0.15) is 13.2 Å². The number of amides is 1. The van der Waals surface area contributed by atoms with Crippen molar-refractivity contribution in [3.8, 4) is 10.6 Å². The second-order valence-corrected chi connectivity index (χ2v) is 4.93. The number of aromatic nitrogens is 1. The van der Waals surface area contributed by atoms with Crippen LogP contribution in [0.3, 0.4) is 0 Å². The molecule has 5 nitrogen and oxygen atoms in total. The first-order valence-electron chi connectivity index (χ1n) is 5.89. The minimum Gasteiger partial charge on any atom is -0.370 e. The molecule has 2 rings (SSSR count). The highest BCUT2D eigenvalue weighted by molar-refractivity contribution is 7.13. The summed E-state index contributed by atoms with van der Waals surface area (Å²) in [5, 5.41) is 7.86. The van der Waals surface area contributed by atoms with Gasteiger partial charge in [-0.1, -0.05) is 11.2 Å². The van der Waals surface area contributed by atoms with E-state index >= 15 is 0 Å². The van der Waals surface area contributed by atoms with Gasteiger partial charge in [0.2, 0.25) is 0 Å². The van der Waals surface area contributed by atoms with Crippen molar-refractivity contribution in [3.63, 3.8) is 0 Å². The van der Waals surface area contributed by atoms with E-state index in [2.05, 4.69) is 15.2 Å². The lowest BCUT2D eigenvalue weighted by Crippen LogP contribution is -2.29. The smallest absolute Gasteiger partial charge is 0.370 e. The molecule has 0 atom stereocenters. The lowest BCUT2D eigenvalue weighted by atomic mass is 10.3. The van der Waals surface area contributed by atoms with E-state index in [-0.39, 0.29) is 18.8 Å². The van der Waals surface area contributed by atoms with Crippen LogP contribution in [-0.4, -0.2) is 37.0 Å². The van der Waals surface area contributed by atoms with Crippen LogP contribution in [-0.2, 0) is 4.74 Å². The van der Waals surface area contributed by atoms with E-state index in [1.54, 1.807) is 0 Å². The fraction of sp³-hybridized carbons (Fsp3) is 0.333. The maximum Gasteiger partial charge on any atom is 0.411 e. The molecule has 0 aliphatic carbocycles. The molecule has 1 amide bonds. The van der Waals surface area contributed by atoms with E-state index in [1.165, 1.54) is 17.4 Å². The van der Waals surface area contributed by atoms with E-state index in [1.807, 2.05) is 17.5 Å². The van der Waals surface area contributed by atoms with Gasteiger partial charge >= 0.3 is 6.18 Å². The topological polar surface area (TPSA) is 64.4 Å². The third kappa shape index (κ3) is 4.87. The second-order valence-electron chi connectivity index (χ2n) is 3.98. The van der Waals surface area contributed by atoms with Crippen molar-refractivity contribution >= 4 is 17.2 Å². The van der Waals surface area contributed by atoms with Gasteiger partial charge in [0, 0.05) is 12.6 Å². The first-order valence-corrected chi connectivity index (χ1v) is 6.77. The van der Waals surface area contributed by atoms with Gasteiger partial charge in [0.1, 0.15) is 6.61 Å². The van der Waals surface area contributed by atoms with Crippen molar-refractivity contribution in [1.82, 2.24) is 10.5 Å². The van der Waals surface area contributed by atoms with Crippen molar-refractivity contribution in [3.05, 3.63) is 29.3 Å². The van der Waals surface area contributed by atoms with E-state index in [0.717, 1.165) is 4.88 Å². The van der Waals surface area contributed by atoms with Crippen molar-refractivity contribution < 1.29 is 27.2 Å². The van der Waals surface area contributed by atoms with Crippen molar-refractivity contribution in [2.24, 2.45) is 0 Å². The van der Waals surface area contributed by atoms with Crippen molar-refractivity contribution in [1.29, 1.82) is 0 Å². The molecule has 2 aromatic rings. The third-order valence-corrected chi connectivity index (χ3v) is 3.19. The first-order chi connectivity index (χ1) is 9.96. The number of rotatable bonds is 6. The Morgan fingerprint density at radius 2 is 2.29 bits per heavy atom. The number of carbonyl (C=O) groups excluding carboxylic acids is 1. The summed E-state index contributed by atoms with van der Waals surface area (Å²) in [5.74, 6) is -0.0689. The Hall–Kier alpha value is -1.87. The second kappa shape index (κ2) is 6.72. The molecule has 0 spiro atoms. The lowest BCUT2D eigenvalue weighted by molar-refractivity contribution is -0.173. The van der Waals surface area contributed by atoms with Gasteiger partial charge in [-0.15, -0.1) is 11.3 Å². The molecule has 0 saturated carbocycles. The zero-order chi connectivity index (χ0) is 15.3. The Bertz CT molecular complexity index is 581. The molecule has 0 bridgehead atoms. The van der Waals surface area contributed by atoms with Gasteiger partial charge in [-0.25, -0.2) is 0 Å². The van der Waals surface area contributed by atoms with E-state index in [4.69, 9.17) is 4.52 Å². The van der Waals surface area contributed by atoms with Crippen LogP contribution in [0.1, 0.15) is 10.5 Å². The molecule has 114 valence electrons. The fourth-order valence-corrected chi connectivity index (χ4v) is 2.11. The molecule has 0 aliphatic rings. The van der Waals surface area contributed by atoms with Gasteiger partial charge in [0.25, 0.3) is 5.91 Å². The number of nitrogens with zero attached hydrogens (tertiary/aromatic N) is 1. The molecule has 0 radical (unpaired) electrons. The van der Waals surface area contributed by atoms with Crippen LogP contribution < -0.4 is 5.32 Å². The fourth-order valence-electron chi connectivity index (χ4n) is 1.43. The van der Waals surface area contributed by atoms with Gasteiger partial charge in [-0.3, -0.25) is 4.79 Å². The maximum atomic E-state index is 11.8. The van der Waals surface area contributed by atoms with E-state index < -0.39 is 18.7 Å². The maximum absolute atomic E-state index is 11.8. The van der Waals surface area contributed by atoms with E-state index in [9.17, 15) is 18.0 Å². The number of carbonyl (C=O) groups is 1. The molecular formula is C12H11F3N2O3S. The van der Waals surface area contributed by atoms with Gasteiger partial charge in [0.05, 0.1) is 11.5 Å². The molecule has 2 heterocycles. The number of hydrogen-bond acceptors (Lipinski definition) is 5. The predicted octanol–water partition coefficient (Wildman–Crippen LogP) is 2.71. The lowest BCUT2D eigenvalue weighted by Gasteiger charge is -2.07. The zero-order valence-electron chi connectivity index (χ0n) is 10.6.